The highest BCUT2D eigenvalue weighted by molar-refractivity contribution is 9.10. The summed E-state index contributed by atoms with van der Waals surface area (Å²) < 4.78 is 0.564. The van der Waals surface area contributed by atoms with Crippen molar-refractivity contribution in [1.82, 2.24) is 10.6 Å². The van der Waals surface area contributed by atoms with E-state index >= 15 is 0 Å². The number of hydrogen-bond acceptors (Lipinski definition) is 4. The van der Waals surface area contributed by atoms with Crippen LogP contribution < -0.4 is 10.6 Å². The predicted octanol–water partition coefficient (Wildman–Crippen LogP) is 1.69. The van der Waals surface area contributed by atoms with Crippen LogP contribution in [0.5, 0.6) is 0 Å². The second-order valence-corrected chi connectivity index (χ2v) is 4.73. The molecule has 2 N–H and O–H groups in total. The van der Waals surface area contributed by atoms with E-state index in [0.717, 1.165) is 0 Å². The lowest BCUT2D eigenvalue weighted by molar-refractivity contribution is -0.385. The molecular weight excluding hydrogens is 302 g/mol. The van der Waals surface area contributed by atoms with E-state index in [1.165, 1.54) is 12.1 Å². The number of nitro groups is 1. The summed E-state index contributed by atoms with van der Waals surface area (Å²) in [5.41, 5.74) is -0.148. The minimum absolute atomic E-state index is 0.0616. The zero-order valence-corrected chi connectivity index (χ0v) is 11.7. The van der Waals surface area contributed by atoms with Crippen molar-refractivity contribution in [3.63, 3.8) is 0 Å². The molecule has 0 bridgehead atoms. The van der Waals surface area contributed by atoms with Crippen LogP contribution in [0.15, 0.2) is 22.7 Å². The van der Waals surface area contributed by atoms with Gasteiger partial charge < -0.3 is 10.6 Å². The Morgan fingerprint density at radius 2 is 2.22 bits per heavy atom. The Bertz CT molecular complexity index is 465. The van der Waals surface area contributed by atoms with Crippen LogP contribution in [-0.4, -0.2) is 30.5 Å². The molecule has 7 heteroatoms. The minimum Gasteiger partial charge on any atom is -0.350 e. The highest BCUT2D eigenvalue weighted by Gasteiger charge is 2.20. The number of nitro benzene ring substituents is 1. The molecule has 1 unspecified atom stereocenters. The average molecular weight is 316 g/mol. The number of halogens is 1. The number of benzene rings is 1. The molecule has 18 heavy (non-hydrogen) atoms. The van der Waals surface area contributed by atoms with Crippen LogP contribution in [0, 0.1) is 10.1 Å². The third kappa shape index (κ3) is 3.78. The Morgan fingerprint density at radius 1 is 1.56 bits per heavy atom. The molecule has 0 fully saturated rings. The van der Waals surface area contributed by atoms with Crippen molar-refractivity contribution in [2.75, 3.05) is 13.6 Å². The summed E-state index contributed by atoms with van der Waals surface area (Å²) in [6.07, 6.45) is 0. The van der Waals surface area contributed by atoms with Crippen LogP contribution in [0.3, 0.4) is 0 Å². The maximum Gasteiger partial charge on any atom is 0.283 e. The van der Waals surface area contributed by atoms with Gasteiger partial charge in [0, 0.05) is 23.1 Å². The number of likely N-dealkylation sites (N-methyl/N-ethyl adjacent to an activating group) is 1. The molecule has 0 heterocycles. The normalized spacial score (nSPS) is 11.9. The molecule has 98 valence electrons. The van der Waals surface area contributed by atoms with Gasteiger partial charge in [-0.3, -0.25) is 14.9 Å². The van der Waals surface area contributed by atoms with Gasteiger partial charge in [0.15, 0.2) is 0 Å². The first kappa shape index (κ1) is 14.6. The van der Waals surface area contributed by atoms with Gasteiger partial charge in [-0.25, -0.2) is 0 Å². The van der Waals surface area contributed by atoms with Crippen molar-refractivity contribution in [2.45, 2.75) is 13.0 Å². The lowest BCUT2D eigenvalue weighted by atomic mass is 10.1. The van der Waals surface area contributed by atoms with Crippen molar-refractivity contribution in [3.8, 4) is 0 Å². The van der Waals surface area contributed by atoms with Crippen molar-refractivity contribution < 1.29 is 9.72 Å². The van der Waals surface area contributed by atoms with Crippen molar-refractivity contribution in [3.05, 3.63) is 38.3 Å². The van der Waals surface area contributed by atoms with Crippen LogP contribution in [0.4, 0.5) is 5.69 Å². The fraction of sp³-hybridized carbons (Fsp3) is 0.364. The summed E-state index contributed by atoms with van der Waals surface area (Å²) in [6.45, 7) is 2.30. The van der Waals surface area contributed by atoms with Crippen LogP contribution in [0.1, 0.15) is 17.3 Å². The standard InChI is InChI=1S/C11H14BrN3O3/c1-7(13-2)6-14-11(16)9-4-3-8(12)5-10(9)15(17)18/h3-5,7,13H,6H2,1-2H3,(H,14,16). The predicted molar refractivity (Wildman–Crippen MR) is 71.7 cm³/mol. The quantitative estimate of drug-likeness (QED) is 0.639. The molecular formula is C11H14BrN3O3. The fourth-order valence-electron chi connectivity index (χ4n) is 1.29. The van der Waals surface area contributed by atoms with Crippen LogP contribution in [0.25, 0.3) is 0 Å². The molecule has 1 atom stereocenters. The molecule has 1 rings (SSSR count). The summed E-state index contributed by atoms with van der Waals surface area (Å²) in [4.78, 5) is 22.1. The molecule has 1 amide bonds. The summed E-state index contributed by atoms with van der Waals surface area (Å²) in [5, 5.41) is 16.5. The molecule has 1 aromatic rings. The van der Waals surface area contributed by atoms with E-state index in [-0.39, 0.29) is 17.3 Å². The van der Waals surface area contributed by atoms with Gasteiger partial charge in [-0.05, 0) is 26.1 Å². The third-order valence-electron chi connectivity index (χ3n) is 2.46. The van der Waals surface area contributed by atoms with Crippen molar-refractivity contribution in [1.29, 1.82) is 0 Å². The van der Waals surface area contributed by atoms with Crippen molar-refractivity contribution in [2.24, 2.45) is 0 Å². The Labute approximate surface area is 113 Å². The summed E-state index contributed by atoms with van der Waals surface area (Å²) in [5.74, 6) is -0.448. The second kappa shape index (κ2) is 6.46. The molecule has 0 aromatic heterocycles. The number of carbonyl (C=O) groups is 1. The van der Waals surface area contributed by atoms with Gasteiger partial charge in [-0.15, -0.1) is 0 Å². The summed E-state index contributed by atoms with van der Waals surface area (Å²) in [6, 6.07) is 4.45. The minimum atomic E-state index is -0.568. The summed E-state index contributed by atoms with van der Waals surface area (Å²) in [7, 11) is 1.78. The highest BCUT2D eigenvalue weighted by atomic mass is 79.9. The van der Waals surface area contributed by atoms with E-state index in [1.807, 2.05) is 6.92 Å². The molecule has 0 aliphatic carbocycles. The van der Waals surface area contributed by atoms with Gasteiger partial charge in [0.25, 0.3) is 11.6 Å². The number of nitrogens with zero attached hydrogens (tertiary/aromatic N) is 1. The molecule has 0 aliphatic heterocycles. The lowest BCUT2D eigenvalue weighted by Gasteiger charge is -2.11. The van der Waals surface area contributed by atoms with Gasteiger partial charge in [0.1, 0.15) is 5.56 Å². The van der Waals surface area contributed by atoms with E-state index in [9.17, 15) is 14.9 Å². The van der Waals surface area contributed by atoms with E-state index < -0.39 is 10.8 Å². The first-order chi connectivity index (χ1) is 8.45. The number of amides is 1. The van der Waals surface area contributed by atoms with Gasteiger partial charge >= 0.3 is 0 Å². The van der Waals surface area contributed by atoms with Crippen LogP contribution in [-0.2, 0) is 0 Å². The summed E-state index contributed by atoms with van der Waals surface area (Å²) >= 11 is 3.14. The number of nitrogens with one attached hydrogen (secondary N) is 2. The van der Waals surface area contributed by atoms with E-state index in [1.54, 1.807) is 13.1 Å². The lowest BCUT2D eigenvalue weighted by Crippen LogP contribution is -2.37. The van der Waals surface area contributed by atoms with Crippen LogP contribution >= 0.6 is 15.9 Å². The third-order valence-corrected chi connectivity index (χ3v) is 2.96. The Morgan fingerprint density at radius 3 is 2.78 bits per heavy atom. The van der Waals surface area contributed by atoms with Gasteiger partial charge in [-0.2, -0.15) is 0 Å². The van der Waals surface area contributed by atoms with Crippen LogP contribution in [0.2, 0.25) is 0 Å². The average Bonchev–Trinajstić information content (AvgIpc) is 2.35. The maximum absolute atomic E-state index is 11.8. The molecule has 0 radical (unpaired) electrons. The zero-order valence-electron chi connectivity index (χ0n) is 10.1. The molecule has 6 nitrogen and oxygen atoms in total. The monoisotopic (exact) mass is 315 g/mol. The second-order valence-electron chi connectivity index (χ2n) is 3.82. The van der Waals surface area contributed by atoms with Gasteiger partial charge in [0.2, 0.25) is 0 Å². The first-order valence-corrected chi connectivity index (χ1v) is 6.14. The molecule has 1 aromatic carbocycles. The Hall–Kier alpha value is -1.47. The molecule has 0 spiro atoms. The van der Waals surface area contributed by atoms with E-state index in [0.29, 0.717) is 11.0 Å². The molecule has 0 aliphatic rings. The smallest absolute Gasteiger partial charge is 0.283 e. The van der Waals surface area contributed by atoms with E-state index in [2.05, 4.69) is 26.6 Å². The Kier molecular flexibility index (Phi) is 5.24. The molecule has 0 saturated carbocycles. The maximum atomic E-state index is 11.8. The highest BCUT2D eigenvalue weighted by Crippen LogP contribution is 2.23. The number of rotatable bonds is 5. The topological polar surface area (TPSA) is 84.3 Å². The largest absolute Gasteiger partial charge is 0.350 e. The van der Waals surface area contributed by atoms with Crippen molar-refractivity contribution >= 4 is 27.5 Å². The van der Waals surface area contributed by atoms with E-state index in [4.69, 9.17) is 0 Å². The Balaban J connectivity index is 2.88. The number of carbonyl (C=O) groups excluding carboxylic acids is 1. The SMILES string of the molecule is CNC(C)CNC(=O)c1ccc(Br)cc1[N+](=O)[O-]. The van der Waals surface area contributed by atoms with Gasteiger partial charge in [-0.1, -0.05) is 15.9 Å². The first-order valence-electron chi connectivity index (χ1n) is 5.35. The molecule has 0 saturated heterocycles. The fourth-order valence-corrected chi connectivity index (χ4v) is 1.64. The van der Waals surface area contributed by atoms with Gasteiger partial charge in [0.05, 0.1) is 4.92 Å². The number of hydrogen-bond donors (Lipinski definition) is 2. The zero-order chi connectivity index (χ0) is 13.7.